The largest absolute Gasteiger partial charge is 0.368 e. The van der Waals surface area contributed by atoms with Crippen LogP contribution < -0.4 is 10.2 Å². The molecule has 0 aliphatic carbocycles. The maximum atomic E-state index is 12.9. The number of rotatable bonds is 3. The van der Waals surface area contributed by atoms with Crippen molar-refractivity contribution in [2.45, 2.75) is 25.3 Å². The molecule has 0 saturated carbocycles. The second kappa shape index (κ2) is 8.68. The first kappa shape index (κ1) is 19.4. The number of fused-ring (bicyclic) bond motifs is 4. The Balaban J connectivity index is 1.18. The fourth-order valence-electron chi connectivity index (χ4n) is 5.26. The summed E-state index contributed by atoms with van der Waals surface area (Å²) >= 11 is 0. The smallest absolute Gasteiger partial charge is 0.317 e. The third-order valence-electron chi connectivity index (χ3n) is 7.15. The number of benzene rings is 2. The Morgan fingerprint density at radius 3 is 2.23 bits per heavy atom. The van der Waals surface area contributed by atoms with Crippen LogP contribution in [0.25, 0.3) is 11.1 Å². The molecule has 1 unspecified atom stereocenters. The zero-order valence-corrected chi connectivity index (χ0v) is 17.7. The minimum Gasteiger partial charge on any atom is -0.368 e. The van der Waals surface area contributed by atoms with E-state index in [1.807, 2.05) is 4.90 Å². The van der Waals surface area contributed by atoms with Gasteiger partial charge >= 0.3 is 6.03 Å². The van der Waals surface area contributed by atoms with Gasteiger partial charge in [0.25, 0.3) is 0 Å². The quantitative estimate of drug-likeness (QED) is 0.848. The number of nitrogens with zero attached hydrogens (tertiary/aromatic N) is 3. The number of hydrogen-bond donors (Lipinski definition) is 1. The first-order chi connectivity index (χ1) is 14.8. The van der Waals surface area contributed by atoms with Gasteiger partial charge in [-0.3, -0.25) is 0 Å². The molecule has 1 atom stereocenters. The highest BCUT2D eigenvalue weighted by Crippen LogP contribution is 2.28. The molecule has 2 amide bonds. The standard InChI is InChI=1S/C25H32N4O/c30-25(26-24-11-14-27-12-9-21(24)10-13-27)29-17-15-28(16-18-29)23-8-4-7-22(19-23)20-5-2-1-3-6-20/h1-8,19,21,24H,9-18H2,(H,26,30). The molecule has 1 N–H and O–H groups in total. The molecule has 4 saturated heterocycles. The van der Waals surface area contributed by atoms with Crippen molar-refractivity contribution in [2.75, 3.05) is 50.7 Å². The summed E-state index contributed by atoms with van der Waals surface area (Å²) in [5.74, 6) is 0.662. The molecule has 5 nitrogen and oxygen atoms in total. The number of carbonyl (C=O) groups excluding carboxylic acids is 1. The van der Waals surface area contributed by atoms with Crippen LogP contribution in [0.1, 0.15) is 19.3 Å². The number of anilines is 1. The van der Waals surface area contributed by atoms with Gasteiger partial charge in [-0.2, -0.15) is 0 Å². The lowest BCUT2D eigenvalue weighted by Crippen LogP contribution is -2.54. The van der Waals surface area contributed by atoms with Crippen molar-refractivity contribution in [3.05, 3.63) is 54.6 Å². The molecule has 158 valence electrons. The Hall–Kier alpha value is -2.53. The Bertz CT molecular complexity index is 854. The van der Waals surface area contributed by atoms with Gasteiger partial charge in [0.1, 0.15) is 0 Å². The lowest BCUT2D eigenvalue weighted by atomic mass is 9.91. The molecule has 0 spiro atoms. The number of piperazine rings is 1. The number of urea groups is 1. The van der Waals surface area contributed by atoms with Crippen LogP contribution in [0.5, 0.6) is 0 Å². The summed E-state index contributed by atoms with van der Waals surface area (Å²) in [5.41, 5.74) is 3.73. The van der Waals surface area contributed by atoms with Gasteiger partial charge in [-0.25, -0.2) is 4.79 Å². The predicted molar refractivity (Wildman–Crippen MR) is 122 cm³/mol. The van der Waals surface area contributed by atoms with E-state index in [2.05, 4.69) is 69.7 Å². The maximum Gasteiger partial charge on any atom is 0.317 e. The van der Waals surface area contributed by atoms with Crippen molar-refractivity contribution in [3.63, 3.8) is 0 Å². The van der Waals surface area contributed by atoms with Gasteiger partial charge in [0.05, 0.1) is 0 Å². The van der Waals surface area contributed by atoms with Gasteiger partial charge in [0.2, 0.25) is 0 Å². The van der Waals surface area contributed by atoms with E-state index in [1.165, 1.54) is 42.7 Å². The number of nitrogens with one attached hydrogen (secondary N) is 1. The van der Waals surface area contributed by atoms with Crippen molar-refractivity contribution >= 4 is 11.7 Å². The molecule has 2 bridgehead atoms. The van der Waals surface area contributed by atoms with Crippen molar-refractivity contribution in [2.24, 2.45) is 5.92 Å². The van der Waals surface area contributed by atoms with Crippen molar-refractivity contribution < 1.29 is 4.79 Å². The molecule has 0 radical (unpaired) electrons. The summed E-state index contributed by atoms with van der Waals surface area (Å²) in [5, 5.41) is 3.38. The second-order valence-corrected chi connectivity index (χ2v) is 8.91. The third-order valence-corrected chi connectivity index (χ3v) is 7.15. The average molecular weight is 405 g/mol. The highest BCUT2D eigenvalue weighted by atomic mass is 16.2. The van der Waals surface area contributed by atoms with Gasteiger partial charge in [-0.1, -0.05) is 42.5 Å². The molecule has 4 heterocycles. The lowest BCUT2D eigenvalue weighted by Gasteiger charge is -2.37. The lowest BCUT2D eigenvalue weighted by molar-refractivity contribution is 0.180. The Morgan fingerprint density at radius 1 is 0.767 bits per heavy atom. The maximum absolute atomic E-state index is 12.9. The van der Waals surface area contributed by atoms with Gasteiger partial charge in [-0.15, -0.1) is 0 Å². The van der Waals surface area contributed by atoms with Crippen LogP contribution in [-0.4, -0.2) is 67.7 Å². The molecule has 0 aromatic heterocycles. The number of amides is 2. The molecule has 5 heteroatoms. The van der Waals surface area contributed by atoms with E-state index in [0.29, 0.717) is 12.0 Å². The first-order valence-electron chi connectivity index (χ1n) is 11.4. The molecule has 6 rings (SSSR count). The number of carbonyl (C=O) groups is 1. The molecule has 30 heavy (non-hydrogen) atoms. The van der Waals surface area contributed by atoms with Crippen LogP contribution in [0, 0.1) is 5.92 Å². The van der Waals surface area contributed by atoms with Crippen LogP contribution in [0.3, 0.4) is 0 Å². The van der Waals surface area contributed by atoms with Gasteiger partial charge in [-0.05, 0) is 61.5 Å². The number of hydrogen-bond acceptors (Lipinski definition) is 3. The second-order valence-electron chi connectivity index (χ2n) is 8.91. The number of piperidine rings is 1. The highest BCUT2D eigenvalue weighted by molar-refractivity contribution is 5.75. The highest BCUT2D eigenvalue weighted by Gasteiger charge is 2.33. The Kier molecular flexibility index (Phi) is 5.63. The van der Waals surface area contributed by atoms with E-state index in [-0.39, 0.29) is 6.03 Å². The summed E-state index contributed by atoms with van der Waals surface area (Å²) in [6.45, 7) is 6.87. The van der Waals surface area contributed by atoms with Gasteiger partial charge in [0, 0.05) is 44.5 Å². The van der Waals surface area contributed by atoms with Gasteiger partial charge < -0.3 is 20.0 Å². The molecular formula is C25H32N4O. The van der Waals surface area contributed by atoms with Crippen LogP contribution in [0.4, 0.5) is 10.5 Å². The zero-order chi connectivity index (χ0) is 20.3. The zero-order valence-electron chi connectivity index (χ0n) is 17.7. The summed E-state index contributed by atoms with van der Waals surface area (Å²) in [6.07, 6.45) is 3.57. The van der Waals surface area contributed by atoms with Crippen LogP contribution >= 0.6 is 0 Å². The summed E-state index contributed by atoms with van der Waals surface area (Å²) < 4.78 is 0. The Labute approximate surface area is 179 Å². The van der Waals surface area contributed by atoms with E-state index in [9.17, 15) is 4.79 Å². The third kappa shape index (κ3) is 4.17. The van der Waals surface area contributed by atoms with E-state index in [1.54, 1.807) is 0 Å². The van der Waals surface area contributed by atoms with Crippen LogP contribution in [0.15, 0.2) is 54.6 Å². The van der Waals surface area contributed by atoms with E-state index >= 15 is 0 Å². The molecule has 2 aromatic carbocycles. The van der Waals surface area contributed by atoms with Crippen molar-refractivity contribution in [1.82, 2.24) is 15.1 Å². The molecule has 2 aromatic rings. The fourth-order valence-corrected chi connectivity index (χ4v) is 5.26. The average Bonchev–Trinajstić information content (AvgIpc) is 3.13. The molecule has 4 aliphatic heterocycles. The van der Waals surface area contributed by atoms with Crippen molar-refractivity contribution in [3.8, 4) is 11.1 Å². The first-order valence-corrected chi connectivity index (χ1v) is 11.4. The predicted octanol–water partition coefficient (Wildman–Crippen LogP) is 3.67. The topological polar surface area (TPSA) is 38.8 Å². The van der Waals surface area contributed by atoms with E-state index in [0.717, 1.165) is 39.1 Å². The SMILES string of the molecule is O=C(NC1CCN2CCC1CC2)N1CCN(c2cccc(-c3ccccc3)c2)CC1. The molecule has 4 aliphatic rings. The van der Waals surface area contributed by atoms with Crippen molar-refractivity contribution in [1.29, 1.82) is 0 Å². The summed E-state index contributed by atoms with van der Waals surface area (Å²) in [7, 11) is 0. The van der Waals surface area contributed by atoms with E-state index < -0.39 is 0 Å². The molecule has 4 fully saturated rings. The normalized spacial score (nSPS) is 26.3. The van der Waals surface area contributed by atoms with Gasteiger partial charge in [0.15, 0.2) is 0 Å². The summed E-state index contributed by atoms with van der Waals surface area (Å²) in [6, 6.07) is 19.7. The Morgan fingerprint density at radius 2 is 1.47 bits per heavy atom. The molecular weight excluding hydrogens is 372 g/mol. The minimum atomic E-state index is 0.137. The minimum absolute atomic E-state index is 0.137. The van der Waals surface area contributed by atoms with E-state index in [4.69, 9.17) is 0 Å². The fraction of sp³-hybridized carbons (Fsp3) is 0.480. The van der Waals surface area contributed by atoms with Crippen LogP contribution in [0.2, 0.25) is 0 Å². The monoisotopic (exact) mass is 404 g/mol. The van der Waals surface area contributed by atoms with Crippen LogP contribution in [-0.2, 0) is 0 Å². The summed E-state index contributed by atoms with van der Waals surface area (Å²) in [4.78, 5) is 19.9.